The monoisotopic (exact) mass is 300 g/mol. The molecule has 0 bridgehead atoms. The van der Waals surface area contributed by atoms with E-state index in [0.29, 0.717) is 6.04 Å². The summed E-state index contributed by atoms with van der Waals surface area (Å²) in [5.74, 6) is 0. The molecular weight excluding hydrogens is 276 g/mol. The van der Waals surface area contributed by atoms with Gasteiger partial charge < -0.3 is 10.1 Å². The highest BCUT2D eigenvalue weighted by molar-refractivity contribution is 5.84. The van der Waals surface area contributed by atoms with Crippen LogP contribution in [-0.2, 0) is 6.42 Å². The van der Waals surface area contributed by atoms with Crippen molar-refractivity contribution >= 4 is 10.8 Å². The van der Waals surface area contributed by atoms with Gasteiger partial charge in [0.2, 0.25) is 0 Å². The van der Waals surface area contributed by atoms with E-state index < -0.39 is 0 Å². The van der Waals surface area contributed by atoms with Gasteiger partial charge in [-0.2, -0.15) is 0 Å². The van der Waals surface area contributed by atoms with Crippen molar-refractivity contribution in [2.24, 2.45) is 0 Å². The van der Waals surface area contributed by atoms with Gasteiger partial charge in [0.15, 0.2) is 0 Å². The van der Waals surface area contributed by atoms with Gasteiger partial charge in [0, 0.05) is 17.1 Å². The van der Waals surface area contributed by atoms with Crippen LogP contribution in [0.4, 0.5) is 0 Å². The van der Waals surface area contributed by atoms with Crippen LogP contribution in [0.2, 0.25) is 0 Å². The lowest BCUT2D eigenvalue weighted by molar-refractivity contribution is 0.158. The normalized spacial score (nSPS) is 19.1. The molecule has 0 amide bonds. The molecule has 2 N–H and O–H groups in total. The Bertz CT molecular complexity index is 708. The first kappa shape index (κ1) is 15.3. The second kappa shape index (κ2) is 6.63. The molecular formula is C18H24N2O2. The van der Waals surface area contributed by atoms with Crippen molar-refractivity contribution in [3.8, 4) is 0 Å². The Labute approximate surface area is 130 Å². The third-order valence-corrected chi connectivity index (χ3v) is 4.76. The van der Waals surface area contributed by atoms with Gasteiger partial charge in [0.1, 0.15) is 0 Å². The molecule has 1 aromatic carbocycles. The lowest BCUT2D eigenvalue weighted by Gasteiger charge is -2.22. The highest BCUT2D eigenvalue weighted by Crippen LogP contribution is 2.18. The summed E-state index contributed by atoms with van der Waals surface area (Å²) in [6, 6.07) is 8.29. The number of pyridine rings is 1. The van der Waals surface area contributed by atoms with Crippen LogP contribution in [0.3, 0.4) is 0 Å². The largest absolute Gasteiger partial charge is 0.395 e. The summed E-state index contributed by atoms with van der Waals surface area (Å²) in [5.41, 5.74) is 2.15. The molecule has 1 unspecified atom stereocenters. The van der Waals surface area contributed by atoms with Crippen LogP contribution in [-0.4, -0.2) is 40.7 Å². The molecule has 1 fully saturated rings. The van der Waals surface area contributed by atoms with Crippen molar-refractivity contribution in [1.82, 2.24) is 9.88 Å². The number of nitrogens with zero attached hydrogens (tertiary/aromatic N) is 1. The Kier molecular flexibility index (Phi) is 4.60. The summed E-state index contributed by atoms with van der Waals surface area (Å²) in [6.45, 7) is 4.37. The van der Waals surface area contributed by atoms with Crippen molar-refractivity contribution in [3.63, 3.8) is 0 Å². The first-order chi connectivity index (χ1) is 10.7. The van der Waals surface area contributed by atoms with Crippen LogP contribution in [0.25, 0.3) is 10.8 Å². The number of nitrogens with one attached hydrogen (secondary N) is 1. The van der Waals surface area contributed by atoms with Crippen molar-refractivity contribution in [2.45, 2.75) is 38.6 Å². The minimum atomic E-state index is 0.00519. The molecule has 1 aliphatic rings. The van der Waals surface area contributed by atoms with E-state index in [4.69, 9.17) is 0 Å². The van der Waals surface area contributed by atoms with E-state index in [0.717, 1.165) is 54.4 Å². The number of aryl methyl sites for hydroxylation is 2. The minimum absolute atomic E-state index is 0.00519. The molecule has 0 spiro atoms. The molecule has 1 atom stereocenters. The Morgan fingerprint density at radius 1 is 1.36 bits per heavy atom. The van der Waals surface area contributed by atoms with E-state index in [9.17, 15) is 9.90 Å². The van der Waals surface area contributed by atoms with Gasteiger partial charge in [-0.15, -0.1) is 0 Å². The number of hydrogen-bond acceptors (Lipinski definition) is 3. The first-order valence-electron chi connectivity index (χ1n) is 8.15. The lowest BCUT2D eigenvalue weighted by atomic mass is 10.1. The second-order valence-electron chi connectivity index (χ2n) is 6.28. The molecule has 0 saturated carbocycles. The molecule has 0 radical (unpaired) electrons. The van der Waals surface area contributed by atoms with E-state index in [1.165, 1.54) is 6.42 Å². The zero-order valence-electron chi connectivity index (χ0n) is 13.1. The number of aliphatic hydroxyl groups is 1. The highest BCUT2D eigenvalue weighted by Gasteiger charge is 2.22. The van der Waals surface area contributed by atoms with Crippen LogP contribution in [0.5, 0.6) is 0 Å². The van der Waals surface area contributed by atoms with Crippen LogP contribution >= 0.6 is 0 Å². The number of rotatable bonds is 5. The van der Waals surface area contributed by atoms with E-state index >= 15 is 0 Å². The summed E-state index contributed by atoms with van der Waals surface area (Å²) in [7, 11) is 0. The molecule has 1 aromatic heterocycles. The zero-order chi connectivity index (χ0) is 15.5. The summed E-state index contributed by atoms with van der Waals surface area (Å²) in [6.07, 6.45) is 4.15. The minimum Gasteiger partial charge on any atom is -0.395 e. The smallest absolute Gasteiger partial charge is 0.256 e. The van der Waals surface area contributed by atoms with Crippen molar-refractivity contribution in [3.05, 3.63) is 45.9 Å². The number of likely N-dealkylation sites (tertiary alicyclic amines) is 1. The Hall–Kier alpha value is -1.65. The molecule has 4 nitrogen and oxygen atoms in total. The topological polar surface area (TPSA) is 56.3 Å². The lowest BCUT2D eigenvalue weighted by Crippen LogP contribution is -2.33. The maximum absolute atomic E-state index is 12.2. The molecule has 1 saturated heterocycles. The summed E-state index contributed by atoms with van der Waals surface area (Å²) in [4.78, 5) is 17.5. The fraction of sp³-hybridized carbons (Fsp3) is 0.500. The number of benzene rings is 1. The average molecular weight is 300 g/mol. The third-order valence-electron chi connectivity index (χ3n) is 4.76. The molecule has 1 aliphatic heterocycles. The summed E-state index contributed by atoms with van der Waals surface area (Å²) in [5, 5.41) is 11.2. The Morgan fingerprint density at radius 2 is 2.23 bits per heavy atom. The van der Waals surface area contributed by atoms with Crippen molar-refractivity contribution < 1.29 is 5.11 Å². The highest BCUT2D eigenvalue weighted by atomic mass is 16.3. The maximum Gasteiger partial charge on any atom is 0.256 e. The van der Waals surface area contributed by atoms with Crippen molar-refractivity contribution in [1.29, 1.82) is 0 Å². The van der Waals surface area contributed by atoms with E-state index in [2.05, 4.69) is 16.0 Å². The van der Waals surface area contributed by atoms with E-state index in [1.54, 1.807) is 0 Å². The predicted octanol–water partition coefficient (Wildman–Crippen LogP) is 2.23. The fourth-order valence-corrected chi connectivity index (χ4v) is 3.50. The zero-order valence-corrected chi connectivity index (χ0v) is 13.1. The molecule has 0 aliphatic carbocycles. The number of H-pyrrole nitrogens is 1. The average Bonchev–Trinajstić information content (AvgIpc) is 2.96. The van der Waals surface area contributed by atoms with Gasteiger partial charge in [-0.1, -0.05) is 12.1 Å². The molecule has 118 valence electrons. The number of fused-ring (bicyclic) bond motifs is 1. The van der Waals surface area contributed by atoms with Crippen LogP contribution in [0, 0.1) is 6.92 Å². The number of aromatic nitrogens is 1. The number of aliphatic hydroxyl groups excluding tert-OH is 1. The predicted molar refractivity (Wildman–Crippen MR) is 89.3 cm³/mol. The van der Waals surface area contributed by atoms with Crippen LogP contribution in [0.1, 0.15) is 30.5 Å². The van der Waals surface area contributed by atoms with Gasteiger partial charge in [-0.3, -0.25) is 9.69 Å². The summed E-state index contributed by atoms with van der Waals surface area (Å²) >= 11 is 0. The van der Waals surface area contributed by atoms with Gasteiger partial charge in [0.05, 0.1) is 6.61 Å². The fourth-order valence-electron chi connectivity index (χ4n) is 3.50. The molecule has 22 heavy (non-hydrogen) atoms. The maximum atomic E-state index is 12.2. The van der Waals surface area contributed by atoms with Gasteiger partial charge in [-0.25, -0.2) is 0 Å². The Balaban J connectivity index is 1.69. The first-order valence-corrected chi connectivity index (χ1v) is 8.15. The quantitative estimate of drug-likeness (QED) is 0.890. The number of hydrogen-bond donors (Lipinski definition) is 2. The van der Waals surface area contributed by atoms with E-state index in [-0.39, 0.29) is 12.2 Å². The molecule has 2 aromatic rings. The molecule has 2 heterocycles. The molecule has 4 heteroatoms. The SMILES string of the molecule is Cc1cccc2c(=O)[nH]c(CCCN3CCCC3CO)cc12. The number of aromatic amines is 1. The van der Waals surface area contributed by atoms with Gasteiger partial charge in [-0.05, 0) is 68.8 Å². The van der Waals surface area contributed by atoms with Gasteiger partial charge in [0.25, 0.3) is 5.56 Å². The van der Waals surface area contributed by atoms with Crippen LogP contribution in [0.15, 0.2) is 29.1 Å². The van der Waals surface area contributed by atoms with E-state index in [1.807, 2.05) is 25.1 Å². The third kappa shape index (κ3) is 3.08. The van der Waals surface area contributed by atoms with Crippen molar-refractivity contribution in [2.75, 3.05) is 19.7 Å². The Morgan fingerprint density at radius 3 is 3.05 bits per heavy atom. The van der Waals surface area contributed by atoms with Gasteiger partial charge >= 0.3 is 0 Å². The summed E-state index contributed by atoms with van der Waals surface area (Å²) < 4.78 is 0. The standard InChI is InChI=1S/C18H24N2O2/c1-13-5-2-8-16-17(13)11-14(19-18(16)22)6-3-9-20-10-4-7-15(20)12-21/h2,5,8,11,15,21H,3-4,6-7,9-10,12H2,1H3,(H,19,22). The molecule has 3 rings (SSSR count). The van der Waals surface area contributed by atoms with Crippen LogP contribution < -0.4 is 5.56 Å². The second-order valence-corrected chi connectivity index (χ2v) is 6.28.